The number of nitrogens with zero attached hydrogens (tertiary/aromatic N) is 2. The van der Waals surface area contributed by atoms with Crippen LogP contribution in [0.3, 0.4) is 0 Å². The number of halogens is 1. The highest BCUT2D eigenvalue weighted by Crippen LogP contribution is 2.26. The number of hydrogen-bond acceptors (Lipinski definition) is 5. The fourth-order valence-corrected chi connectivity index (χ4v) is 2.19. The summed E-state index contributed by atoms with van der Waals surface area (Å²) in [5, 5.41) is 16.2. The molecule has 108 valence electrons. The Hall–Kier alpha value is -0.880. The Balaban J connectivity index is 2.58. The van der Waals surface area contributed by atoms with Gasteiger partial charge in [-0.3, -0.25) is 0 Å². The second kappa shape index (κ2) is 8.32. The molecule has 0 aromatic carbocycles. The van der Waals surface area contributed by atoms with Gasteiger partial charge in [-0.1, -0.05) is 20.8 Å². The van der Waals surface area contributed by atoms with E-state index in [4.69, 9.17) is 0 Å². The van der Waals surface area contributed by atoms with Crippen molar-refractivity contribution >= 4 is 27.6 Å². The predicted molar refractivity (Wildman–Crippen MR) is 82.5 cm³/mol. The molecule has 0 amide bonds. The monoisotopic (exact) mass is 330 g/mol. The van der Waals surface area contributed by atoms with E-state index in [1.807, 2.05) is 0 Å². The fraction of sp³-hybridized carbons (Fsp3) is 0.692. The smallest absolute Gasteiger partial charge is 0.146 e. The molecule has 1 aromatic rings. The second-order valence-corrected chi connectivity index (χ2v) is 5.77. The third-order valence-corrected chi connectivity index (χ3v) is 3.33. The maximum atomic E-state index is 9.85. The summed E-state index contributed by atoms with van der Waals surface area (Å²) < 4.78 is 0.806. The lowest BCUT2D eigenvalue weighted by Crippen LogP contribution is -2.22. The van der Waals surface area contributed by atoms with E-state index in [0.717, 1.165) is 29.7 Å². The van der Waals surface area contributed by atoms with Crippen LogP contribution in [-0.4, -0.2) is 34.3 Å². The third-order valence-electron chi connectivity index (χ3n) is 2.58. The quantitative estimate of drug-likeness (QED) is 0.683. The van der Waals surface area contributed by atoms with Gasteiger partial charge in [0.1, 0.15) is 22.4 Å². The molecular formula is C13H23BrN4O. The third kappa shape index (κ3) is 5.74. The van der Waals surface area contributed by atoms with Gasteiger partial charge in [-0.15, -0.1) is 0 Å². The van der Waals surface area contributed by atoms with E-state index in [9.17, 15) is 5.11 Å². The fourth-order valence-electron chi connectivity index (χ4n) is 1.70. The molecule has 0 aliphatic rings. The number of anilines is 2. The van der Waals surface area contributed by atoms with Crippen molar-refractivity contribution in [3.63, 3.8) is 0 Å². The molecule has 5 nitrogen and oxygen atoms in total. The minimum atomic E-state index is -0.367. The first kappa shape index (κ1) is 16.2. The number of hydrogen-bond donors (Lipinski definition) is 3. The number of rotatable bonds is 8. The Morgan fingerprint density at radius 3 is 2.47 bits per heavy atom. The summed E-state index contributed by atoms with van der Waals surface area (Å²) in [5.41, 5.74) is 0. The van der Waals surface area contributed by atoms with Gasteiger partial charge in [-0.25, -0.2) is 9.97 Å². The molecule has 0 fully saturated rings. The molecule has 0 saturated heterocycles. The SMILES string of the molecule is CCCNc1ncnc(NCC(O)CC(C)C)c1Br. The number of aliphatic hydroxyl groups excluding tert-OH is 1. The maximum Gasteiger partial charge on any atom is 0.146 e. The molecule has 0 spiro atoms. The van der Waals surface area contributed by atoms with Crippen LogP contribution in [-0.2, 0) is 0 Å². The van der Waals surface area contributed by atoms with Crippen molar-refractivity contribution in [1.29, 1.82) is 0 Å². The largest absolute Gasteiger partial charge is 0.391 e. The number of aliphatic hydroxyl groups is 1. The van der Waals surface area contributed by atoms with Crippen molar-refractivity contribution in [2.75, 3.05) is 23.7 Å². The summed E-state index contributed by atoms with van der Waals surface area (Å²) in [6, 6.07) is 0. The van der Waals surface area contributed by atoms with Crippen LogP contribution in [0.1, 0.15) is 33.6 Å². The molecule has 0 saturated carbocycles. The summed E-state index contributed by atoms with van der Waals surface area (Å²) in [5.74, 6) is 1.96. The molecule has 1 heterocycles. The number of nitrogens with one attached hydrogen (secondary N) is 2. The Kier molecular flexibility index (Phi) is 7.09. The topological polar surface area (TPSA) is 70.1 Å². The van der Waals surface area contributed by atoms with Gasteiger partial charge in [0.05, 0.1) is 6.10 Å². The van der Waals surface area contributed by atoms with Gasteiger partial charge in [0.2, 0.25) is 0 Å². The minimum absolute atomic E-state index is 0.367. The summed E-state index contributed by atoms with van der Waals surface area (Å²) in [4.78, 5) is 8.36. The summed E-state index contributed by atoms with van der Waals surface area (Å²) >= 11 is 3.48. The first-order valence-corrected chi connectivity index (χ1v) is 7.50. The first-order valence-electron chi connectivity index (χ1n) is 6.70. The van der Waals surface area contributed by atoms with E-state index in [1.54, 1.807) is 0 Å². The molecule has 1 unspecified atom stereocenters. The summed E-state index contributed by atoms with van der Waals surface area (Å²) in [6.45, 7) is 7.64. The van der Waals surface area contributed by atoms with E-state index < -0.39 is 0 Å². The minimum Gasteiger partial charge on any atom is -0.391 e. The molecule has 0 radical (unpaired) electrons. The Morgan fingerprint density at radius 1 is 1.26 bits per heavy atom. The van der Waals surface area contributed by atoms with Crippen LogP contribution in [0, 0.1) is 5.92 Å². The lowest BCUT2D eigenvalue weighted by atomic mass is 10.1. The molecule has 0 aliphatic carbocycles. The molecular weight excluding hydrogens is 308 g/mol. The molecule has 1 rings (SSSR count). The molecule has 1 atom stereocenters. The van der Waals surface area contributed by atoms with Crippen molar-refractivity contribution in [1.82, 2.24) is 9.97 Å². The Bertz CT molecular complexity index is 387. The first-order chi connectivity index (χ1) is 9.04. The van der Waals surface area contributed by atoms with Crippen molar-refractivity contribution in [2.24, 2.45) is 5.92 Å². The highest BCUT2D eigenvalue weighted by Gasteiger charge is 2.11. The van der Waals surface area contributed by atoms with Gasteiger partial charge in [0.25, 0.3) is 0 Å². The van der Waals surface area contributed by atoms with Crippen molar-refractivity contribution < 1.29 is 5.11 Å². The van der Waals surface area contributed by atoms with Crippen molar-refractivity contribution in [2.45, 2.75) is 39.7 Å². The molecule has 1 aromatic heterocycles. The second-order valence-electron chi connectivity index (χ2n) is 4.98. The van der Waals surface area contributed by atoms with Gasteiger partial charge in [-0.05, 0) is 34.7 Å². The predicted octanol–water partition coefficient (Wildman–Crippen LogP) is 2.88. The zero-order valence-corrected chi connectivity index (χ0v) is 13.4. The van der Waals surface area contributed by atoms with E-state index in [-0.39, 0.29) is 6.10 Å². The summed E-state index contributed by atoms with van der Waals surface area (Å²) in [6.07, 6.45) is 2.96. The lowest BCUT2D eigenvalue weighted by molar-refractivity contribution is 0.161. The van der Waals surface area contributed by atoms with Gasteiger partial charge >= 0.3 is 0 Å². The van der Waals surface area contributed by atoms with Crippen LogP contribution in [0.2, 0.25) is 0 Å². The average Bonchev–Trinajstić information content (AvgIpc) is 2.35. The Labute approximate surface area is 123 Å². The van der Waals surface area contributed by atoms with E-state index >= 15 is 0 Å². The molecule has 6 heteroatoms. The maximum absolute atomic E-state index is 9.85. The van der Waals surface area contributed by atoms with Crippen LogP contribution in [0.25, 0.3) is 0 Å². The van der Waals surface area contributed by atoms with Crippen LogP contribution in [0.5, 0.6) is 0 Å². The molecule has 0 aliphatic heterocycles. The Morgan fingerprint density at radius 2 is 1.89 bits per heavy atom. The molecule has 19 heavy (non-hydrogen) atoms. The van der Waals surface area contributed by atoms with E-state index in [2.05, 4.69) is 57.3 Å². The molecule has 3 N–H and O–H groups in total. The zero-order chi connectivity index (χ0) is 14.3. The summed E-state index contributed by atoms with van der Waals surface area (Å²) in [7, 11) is 0. The van der Waals surface area contributed by atoms with Gasteiger partial charge < -0.3 is 15.7 Å². The van der Waals surface area contributed by atoms with Crippen LogP contribution >= 0.6 is 15.9 Å². The van der Waals surface area contributed by atoms with Crippen molar-refractivity contribution in [3.8, 4) is 0 Å². The van der Waals surface area contributed by atoms with E-state index in [1.165, 1.54) is 6.33 Å². The standard InChI is InChI=1S/C13H23BrN4O/c1-4-5-15-12-11(14)13(18-8-17-12)16-7-10(19)6-9(2)3/h8-10,19H,4-7H2,1-3H3,(H2,15,16,17,18). The normalized spacial score (nSPS) is 12.5. The highest BCUT2D eigenvalue weighted by molar-refractivity contribution is 9.10. The van der Waals surface area contributed by atoms with Gasteiger partial charge in [0, 0.05) is 13.1 Å². The van der Waals surface area contributed by atoms with Crippen LogP contribution < -0.4 is 10.6 Å². The van der Waals surface area contributed by atoms with Gasteiger partial charge in [0.15, 0.2) is 0 Å². The van der Waals surface area contributed by atoms with Gasteiger partial charge in [-0.2, -0.15) is 0 Å². The highest BCUT2D eigenvalue weighted by atomic mass is 79.9. The van der Waals surface area contributed by atoms with Crippen LogP contribution in [0.4, 0.5) is 11.6 Å². The zero-order valence-electron chi connectivity index (χ0n) is 11.8. The van der Waals surface area contributed by atoms with Crippen molar-refractivity contribution in [3.05, 3.63) is 10.8 Å². The molecule has 0 bridgehead atoms. The average molecular weight is 331 g/mol. The van der Waals surface area contributed by atoms with E-state index in [0.29, 0.717) is 18.3 Å². The number of aromatic nitrogens is 2. The van der Waals surface area contributed by atoms with Crippen LogP contribution in [0.15, 0.2) is 10.8 Å². The lowest BCUT2D eigenvalue weighted by Gasteiger charge is -2.15.